The number of benzene rings is 3. The van der Waals surface area contributed by atoms with Gasteiger partial charge in [0.2, 0.25) is 5.88 Å². The third-order valence-electron chi connectivity index (χ3n) is 6.27. The van der Waals surface area contributed by atoms with Gasteiger partial charge in [-0.1, -0.05) is 36.4 Å². The van der Waals surface area contributed by atoms with Crippen molar-refractivity contribution < 1.29 is 18.7 Å². The molecule has 1 fully saturated rings. The van der Waals surface area contributed by atoms with Gasteiger partial charge in [-0.2, -0.15) is 5.10 Å². The summed E-state index contributed by atoms with van der Waals surface area (Å²) in [6.07, 6.45) is 1.82. The van der Waals surface area contributed by atoms with Gasteiger partial charge in [0.15, 0.2) is 0 Å². The lowest BCUT2D eigenvalue weighted by Gasteiger charge is -2.26. The van der Waals surface area contributed by atoms with Gasteiger partial charge < -0.3 is 14.4 Å². The third-order valence-corrected chi connectivity index (χ3v) is 6.27. The fraction of sp³-hybridized carbons (Fsp3) is 0.241. The van der Waals surface area contributed by atoms with Gasteiger partial charge >= 0.3 is 0 Å². The van der Waals surface area contributed by atoms with E-state index in [-0.39, 0.29) is 24.4 Å². The Morgan fingerprint density at radius 2 is 1.75 bits per heavy atom. The number of aromatic nitrogens is 2. The molecule has 1 aliphatic heterocycles. The van der Waals surface area contributed by atoms with E-state index in [0.29, 0.717) is 30.3 Å². The highest BCUT2D eigenvalue weighted by atomic mass is 19.1. The summed E-state index contributed by atoms with van der Waals surface area (Å²) < 4.78 is 27.5. The molecule has 7 heteroatoms. The largest absolute Gasteiger partial charge is 0.439 e. The molecule has 0 radical (unpaired) electrons. The fourth-order valence-corrected chi connectivity index (χ4v) is 4.39. The molecule has 1 amide bonds. The molecule has 0 aliphatic carbocycles. The number of carbonyl (C=O) groups is 1. The molecule has 0 spiro atoms. The molecule has 0 unspecified atom stereocenters. The van der Waals surface area contributed by atoms with Crippen LogP contribution in [0.15, 0.2) is 84.9 Å². The second kappa shape index (κ2) is 10.7. The lowest BCUT2D eigenvalue weighted by Crippen LogP contribution is -2.37. The summed E-state index contributed by atoms with van der Waals surface area (Å²) in [4.78, 5) is 15.3. The zero-order valence-electron chi connectivity index (χ0n) is 20.1. The molecule has 2 heterocycles. The van der Waals surface area contributed by atoms with Crippen molar-refractivity contribution in [3.8, 4) is 17.3 Å². The van der Waals surface area contributed by atoms with E-state index in [1.54, 1.807) is 9.58 Å². The van der Waals surface area contributed by atoms with Crippen LogP contribution >= 0.6 is 0 Å². The molecule has 1 aliphatic rings. The average Bonchev–Trinajstić information content (AvgIpc) is 3.53. The molecule has 3 aromatic carbocycles. The number of hydrogen-bond donors (Lipinski definition) is 0. The normalized spacial score (nSPS) is 15.1. The number of ether oxygens (including phenoxy) is 2. The Bertz CT molecular complexity index is 1300. The molecule has 1 aromatic heterocycles. The SMILES string of the molecule is Cc1nn(-c2ccccc2)c(Oc2ccccc2)c1CN(C[C@@H]1CCCO1)C(=O)c1ccc(F)cc1. The number of carbonyl (C=O) groups excluding carboxylic acids is 1. The second-order valence-electron chi connectivity index (χ2n) is 8.86. The number of amides is 1. The zero-order chi connectivity index (χ0) is 24.9. The van der Waals surface area contributed by atoms with Gasteiger partial charge in [-0.3, -0.25) is 4.79 Å². The van der Waals surface area contributed by atoms with Gasteiger partial charge in [-0.25, -0.2) is 9.07 Å². The van der Waals surface area contributed by atoms with Crippen molar-refractivity contribution >= 4 is 5.91 Å². The Kier molecular flexibility index (Phi) is 7.09. The molecule has 1 atom stereocenters. The van der Waals surface area contributed by atoms with E-state index in [1.165, 1.54) is 24.3 Å². The van der Waals surface area contributed by atoms with E-state index in [9.17, 15) is 9.18 Å². The summed E-state index contributed by atoms with van der Waals surface area (Å²) in [6, 6.07) is 24.9. The first-order chi connectivity index (χ1) is 17.6. The highest BCUT2D eigenvalue weighted by molar-refractivity contribution is 5.94. The second-order valence-corrected chi connectivity index (χ2v) is 8.86. The van der Waals surface area contributed by atoms with Gasteiger partial charge in [0, 0.05) is 18.7 Å². The van der Waals surface area contributed by atoms with Crippen LogP contribution in [-0.4, -0.2) is 39.8 Å². The highest BCUT2D eigenvalue weighted by Gasteiger charge is 2.28. The minimum absolute atomic E-state index is 0.0441. The van der Waals surface area contributed by atoms with Crippen LogP contribution in [0.4, 0.5) is 4.39 Å². The van der Waals surface area contributed by atoms with Gasteiger partial charge in [-0.05, 0) is 68.3 Å². The van der Waals surface area contributed by atoms with Crippen molar-refractivity contribution in [2.75, 3.05) is 13.2 Å². The molecule has 5 rings (SSSR count). The maximum absolute atomic E-state index is 13.6. The summed E-state index contributed by atoms with van der Waals surface area (Å²) in [5, 5.41) is 4.78. The van der Waals surface area contributed by atoms with Crippen LogP contribution in [-0.2, 0) is 11.3 Å². The fourth-order valence-electron chi connectivity index (χ4n) is 4.39. The Balaban J connectivity index is 1.53. The van der Waals surface area contributed by atoms with Crippen molar-refractivity contribution in [2.45, 2.75) is 32.4 Å². The molecule has 6 nitrogen and oxygen atoms in total. The summed E-state index contributed by atoms with van der Waals surface area (Å²) in [5.41, 5.74) is 2.84. The Morgan fingerprint density at radius 1 is 1.06 bits per heavy atom. The lowest BCUT2D eigenvalue weighted by molar-refractivity contribution is 0.0505. The van der Waals surface area contributed by atoms with Gasteiger partial charge in [0.1, 0.15) is 11.6 Å². The van der Waals surface area contributed by atoms with Crippen molar-refractivity contribution in [1.82, 2.24) is 14.7 Å². The number of hydrogen-bond acceptors (Lipinski definition) is 4. The van der Waals surface area contributed by atoms with E-state index in [1.807, 2.05) is 67.6 Å². The molecule has 0 N–H and O–H groups in total. The Morgan fingerprint density at radius 3 is 2.42 bits per heavy atom. The smallest absolute Gasteiger partial charge is 0.254 e. The van der Waals surface area contributed by atoms with E-state index in [4.69, 9.17) is 14.6 Å². The number of halogens is 1. The first kappa shape index (κ1) is 23.8. The average molecular weight is 486 g/mol. The van der Waals surface area contributed by atoms with E-state index in [2.05, 4.69) is 0 Å². The summed E-state index contributed by atoms with van der Waals surface area (Å²) in [7, 11) is 0. The van der Waals surface area contributed by atoms with Crippen LogP contribution in [0.1, 0.15) is 34.5 Å². The van der Waals surface area contributed by atoms with Crippen molar-refractivity contribution in [2.24, 2.45) is 0 Å². The molecule has 1 saturated heterocycles. The molecule has 36 heavy (non-hydrogen) atoms. The van der Waals surface area contributed by atoms with Crippen molar-refractivity contribution in [3.63, 3.8) is 0 Å². The standard InChI is InChI=1S/C29H28FN3O3/c1-21-27(20-32(19-26-13-8-18-35-26)28(34)22-14-16-23(30)17-15-22)29(36-25-11-6-3-7-12-25)33(31-21)24-9-4-2-5-10-24/h2-7,9-12,14-17,26H,8,13,18-20H2,1H3/t26-/m0/s1. The summed E-state index contributed by atoms with van der Waals surface area (Å²) in [6.45, 7) is 3.31. The number of rotatable bonds is 8. The van der Waals surface area contributed by atoms with Gasteiger partial charge in [0.25, 0.3) is 5.91 Å². The highest BCUT2D eigenvalue weighted by Crippen LogP contribution is 2.32. The lowest BCUT2D eigenvalue weighted by atomic mass is 10.1. The summed E-state index contributed by atoms with van der Waals surface area (Å²) >= 11 is 0. The van der Waals surface area contributed by atoms with Crippen LogP contribution in [0.5, 0.6) is 11.6 Å². The number of aryl methyl sites for hydroxylation is 1. The first-order valence-electron chi connectivity index (χ1n) is 12.1. The van der Waals surface area contributed by atoms with Crippen molar-refractivity contribution in [3.05, 3.63) is 108 Å². The molecule has 0 bridgehead atoms. The zero-order valence-corrected chi connectivity index (χ0v) is 20.1. The molecular formula is C29H28FN3O3. The van der Waals surface area contributed by atoms with Crippen LogP contribution in [0.2, 0.25) is 0 Å². The van der Waals surface area contributed by atoms with Gasteiger partial charge in [0.05, 0.1) is 29.6 Å². The minimum Gasteiger partial charge on any atom is -0.439 e. The minimum atomic E-state index is -0.379. The van der Waals surface area contributed by atoms with Crippen LogP contribution in [0.25, 0.3) is 5.69 Å². The Hall–Kier alpha value is -3.97. The molecular weight excluding hydrogens is 457 g/mol. The van der Waals surface area contributed by atoms with E-state index >= 15 is 0 Å². The molecule has 0 saturated carbocycles. The van der Waals surface area contributed by atoms with Crippen molar-refractivity contribution in [1.29, 1.82) is 0 Å². The first-order valence-corrected chi connectivity index (χ1v) is 12.1. The van der Waals surface area contributed by atoms with Crippen LogP contribution in [0, 0.1) is 12.7 Å². The summed E-state index contributed by atoms with van der Waals surface area (Å²) in [5.74, 6) is 0.652. The number of nitrogens with zero attached hydrogens (tertiary/aromatic N) is 3. The predicted octanol–water partition coefficient (Wildman–Crippen LogP) is 5.93. The Labute approximate surface area is 209 Å². The van der Waals surface area contributed by atoms with E-state index < -0.39 is 0 Å². The topological polar surface area (TPSA) is 56.6 Å². The molecule has 184 valence electrons. The monoisotopic (exact) mass is 485 g/mol. The van der Waals surface area contributed by atoms with Crippen LogP contribution < -0.4 is 4.74 Å². The maximum Gasteiger partial charge on any atom is 0.254 e. The third kappa shape index (κ3) is 5.31. The van der Waals surface area contributed by atoms with Crippen LogP contribution in [0.3, 0.4) is 0 Å². The van der Waals surface area contributed by atoms with E-state index in [0.717, 1.165) is 29.8 Å². The predicted molar refractivity (Wildman–Crippen MR) is 135 cm³/mol. The maximum atomic E-state index is 13.6. The quantitative estimate of drug-likeness (QED) is 0.310. The number of para-hydroxylation sites is 2. The van der Waals surface area contributed by atoms with Gasteiger partial charge in [-0.15, -0.1) is 0 Å². The molecule has 4 aromatic rings.